The molecule has 1 aromatic rings. The summed E-state index contributed by atoms with van der Waals surface area (Å²) in [5, 5.41) is 3.05. The average molecular weight is 387 g/mol. The fraction of sp³-hybridized carbons (Fsp3) is 0.636. The van der Waals surface area contributed by atoms with Gasteiger partial charge in [0.1, 0.15) is 5.54 Å². The molecule has 1 saturated carbocycles. The maximum Gasteiger partial charge on any atom is 0.326 e. The number of urea groups is 1. The normalized spacial score (nSPS) is 26.8. The number of nitrogens with zero attached hydrogens (tertiary/aromatic N) is 3. The Labute approximate surface area is 168 Å². The molecule has 0 aromatic heterocycles. The Balaban J connectivity index is 1.67. The Morgan fingerprint density at radius 3 is 2.32 bits per heavy atom. The number of benzene rings is 1. The van der Waals surface area contributed by atoms with Gasteiger partial charge in [0, 0.05) is 26.3 Å². The maximum atomic E-state index is 13.2. The van der Waals surface area contributed by atoms with Gasteiger partial charge in [-0.3, -0.25) is 9.69 Å². The molecule has 3 rings (SSSR count). The van der Waals surface area contributed by atoms with Crippen LogP contribution < -0.4 is 10.2 Å². The molecule has 2 atom stereocenters. The molecule has 2 aliphatic rings. The Hall–Kier alpha value is -2.08. The Bertz CT molecular complexity index is 743. The summed E-state index contributed by atoms with van der Waals surface area (Å²) >= 11 is 0. The van der Waals surface area contributed by atoms with E-state index in [0.29, 0.717) is 25.6 Å². The highest BCUT2D eigenvalue weighted by Gasteiger charge is 2.56. The quantitative estimate of drug-likeness (QED) is 0.789. The highest BCUT2D eigenvalue weighted by Crippen LogP contribution is 2.46. The zero-order chi connectivity index (χ0) is 20.7. The van der Waals surface area contributed by atoms with Crippen molar-refractivity contribution in [3.63, 3.8) is 0 Å². The SMILES string of the molecule is CC1CC(C)(C)CC2(C1)NC(=O)N(CN(C)Cc1ccc(N(C)C)cc1)C2=O. The van der Waals surface area contributed by atoms with Crippen LogP contribution in [0.1, 0.15) is 45.6 Å². The van der Waals surface area contributed by atoms with Crippen molar-refractivity contribution in [2.75, 3.05) is 32.7 Å². The predicted octanol–water partition coefficient (Wildman–Crippen LogP) is 3.28. The fourth-order valence-electron chi connectivity index (χ4n) is 5.14. The molecule has 1 saturated heterocycles. The van der Waals surface area contributed by atoms with Crippen molar-refractivity contribution in [1.29, 1.82) is 0 Å². The summed E-state index contributed by atoms with van der Waals surface area (Å²) in [4.78, 5) is 31.4. The molecule has 3 amide bonds. The molecular formula is C22H34N4O2. The molecule has 1 aromatic carbocycles. The van der Waals surface area contributed by atoms with Crippen LogP contribution in [0.5, 0.6) is 0 Å². The molecule has 1 aliphatic carbocycles. The first-order valence-electron chi connectivity index (χ1n) is 10.1. The summed E-state index contributed by atoms with van der Waals surface area (Å²) in [5.41, 5.74) is 1.63. The minimum absolute atomic E-state index is 0.0523. The molecule has 2 unspecified atom stereocenters. The van der Waals surface area contributed by atoms with Crippen LogP contribution >= 0.6 is 0 Å². The summed E-state index contributed by atoms with van der Waals surface area (Å²) in [6, 6.07) is 8.08. The molecule has 28 heavy (non-hydrogen) atoms. The van der Waals surface area contributed by atoms with E-state index >= 15 is 0 Å². The molecule has 1 heterocycles. The van der Waals surface area contributed by atoms with E-state index in [-0.39, 0.29) is 17.4 Å². The second kappa shape index (κ2) is 7.39. The molecule has 1 spiro atoms. The van der Waals surface area contributed by atoms with Gasteiger partial charge in [-0.2, -0.15) is 0 Å². The van der Waals surface area contributed by atoms with Crippen molar-refractivity contribution in [2.45, 2.75) is 52.1 Å². The molecule has 6 nitrogen and oxygen atoms in total. The van der Waals surface area contributed by atoms with Crippen molar-refractivity contribution < 1.29 is 9.59 Å². The van der Waals surface area contributed by atoms with Crippen LogP contribution in [0.3, 0.4) is 0 Å². The van der Waals surface area contributed by atoms with E-state index in [2.05, 4.69) is 55.3 Å². The van der Waals surface area contributed by atoms with Gasteiger partial charge in [-0.25, -0.2) is 9.69 Å². The van der Waals surface area contributed by atoms with Gasteiger partial charge in [0.2, 0.25) is 0 Å². The number of hydrogen-bond acceptors (Lipinski definition) is 4. The third-order valence-electron chi connectivity index (χ3n) is 5.91. The van der Waals surface area contributed by atoms with E-state index in [4.69, 9.17) is 0 Å². The number of amides is 3. The Kier molecular flexibility index (Phi) is 5.45. The monoisotopic (exact) mass is 386 g/mol. The first-order chi connectivity index (χ1) is 13.0. The van der Waals surface area contributed by atoms with Gasteiger partial charge >= 0.3 is 6.03 Å². The van der Waals surface area contributed by atoms with Crippen molar-refractivity contribution >= 4 is 17.6 Å². The maximum absolute atomic E-state index is 13.2. The minimum atomic E-state index is -0.730. The molecule has 6 heteroatoms. The number of imide groups is 1. The lowest BCUT2D eigenvalue weighted by molar-refractivity contribution is -0.136. The summed E-state index contributed by atoms with van der Waals surface area (Å²) < 4.78 is 0. The van der Waals surface area contributed by atoms with Crippen molar-refractivity contribution in [1.82, 2.24) is 15.1 Å². The first-order valence-corrected chi connectivity index (χ1v) is 10.1. The number of anilines is 1. The van der Waals surface area contributed by atoms with Crippen LogP contribution in [0, 0.1) is 11.3 Å². The van der Waals surface area contributed by atoms with Gasteiger partial charge in [-0.15, -0.1) is 0 Å². The lowest BCUT2D eigenvalue weighted by Crippen LogP contribution is -2.54. The first kappa shape index (κ1) is 20.6. The van der Waals surface area contributed by atoms with Crippen LogP contribution in [0.25, 0.3) is 0 Å². The number of hydrogen-bond donors (Lipinski definition) is 1. The summed E-state index contributed by atoms with van der Waals surface area (Å²) in [7, 11) is 5.97. The van der Waals surface area contributed by atoms with Crippen molar-refractivity contribution in [2.24, 2.45) is 11.3 Å². The fourth-order valence-corrected chi connectivity index (χ4v) is 5.14. The second-order valence-electron chi connectivity index (χ2n) is 9.82. The number of rotatable bonds is 5. The molecule has 154 valence electrons. The summed E-state index contributed by atoms with van der Waals surface area (Å²) in [6.07, 6.45) is 2.52. The largest absolute Gasteiger partial charge is 0.378 e. The minimum Gasteiger partial charge on any atom is -0.378 e. The van der Waals surface area contributed by atoms with Crippen LogP contribution in [0.2, 0.25) is 0 Å². The zero-order valence-corrected chi connectivity index (χ0v) is 18.1. The van der Waals surface area contributed by atoms with Crippen molar-refractivity contribution in [3.05, 3.63) is 29.8 Å². The van der Waals surface area contributed by atoms with Crippen LogP contribution in [0.15, 0.2) is 24.3 Å². The standard InChI is InChI=1S/C22H34N4O2/c1-16-11-21(2,3)14-22(12-16)19(27)26(20(28)23-22)15-25(6)13-17-7-9-18(10-8-17)24(4)5/h7-10,16H,11-15H2,1-6H3,(H,23,28). The molecule has 2 fully saturated rings. The second-order valence-corrected chi connectivity index (χ2v) is 9.82. The van der Waals surface area contributed by atoms with E-state index in [1.807, 2.05) is 26.0 Å². The predicted molar refractivity (Wildman–Crippen MR) is 112 cm³/mol. The van der Waals surface area contributed by atoms with E-state index in [1.54, 1.807) is 0 Å². The highest BCUT2D eigenvalue weighted by atomic mass is 16.2. The van der Waals surface area contributed by atoms with Gasteiger partial charge in [0.05, 0.1) is 6.67 Å². The van der Waals surface area contributed by atoms with Gasteiger partial charge < -0.3 is 10.2 Å². The lowest BCUT2D eigenvalue weighted by atomic mass is 9.64. The smallest absolute Gasteiger partial charge is 0.326 e. The average Bonchev–Trinajstić information content (AvgIpc) is 2.77. The molecule has 1 aliphatic heterocycles. The van der Waals surface area contributed by atoms with E-state index < -0.39 is 5.54 Å². The van der Waals surface area contributed by atoms with E-state index in [9.17, 15) is 9.59 Å². The molecular weight excluding hydrogens is 352 g/mol. The highest BCUT2D eigenvalue weighted by molar-refractivity contribution is 6.07. The third-order valence-corrected chi connectivity index (χ3v) is 5.91. The van der Waals surface area contributed by atoms with Gasteiger partial charge in [-0.1, -0.05) is 32.9 Å². The number of nitrogens with one attached hydrogen (secondary N) is 1. The van der Waals surface area contributed by atoms with Gasteiger partial charge in [0.25, 0.3) is 5.91 Å². The summed E-state index contributed by atoms with van der Waals surface area (Å²) in [5.74, 6) is 0.354. The number of carbonyl (C=O) groups excluding carboxylic acids is 2. The molecule has 0 bridgehead atoms. The molecule has 1 N–H and O–H groups in total. The Morgan fingerprint density at radius 1 is 1.11 bits per heavy atom. The van der Waals surface area contributed by atoms with Crippen LogP contribution in [0.4, 0.5) is 10.5 Å². The third kappa shape index (κ3) is 4.17. The zero-order valence-electron chi connectivity index (χ0n) is 18.1. The number of carbonyl (C=O) groups is 2. The molecule has 0 radical (unpaired) electrons. The van der Waals surface area contributed by atoms with E-state index in [0.717, 1.165) is 24.1 Å². The van der Waals surface area contributed by atoms with Crippen LogP contribution in [-0.4, -0.2) is 55.1 Å². The topological polar surface area (TPSA) is 55.9 Å². The van der Waals surface area contributed by atoms with Gasteiger partial charge in [0.15, 0.2) is 0 Å². The van der Waals surface area contributed by atoms with E-state index in [1.165, 1.54) is 4.90 Å². The van der Waals surface area contributed by atoms with Crippen LogP contribution in [-0.2, 0) is 11.3 Å². The van der Waals surface area contributed by atoms with Gasteiger partial charge in [-0.05, 0) is 55.3 Å². The lowest BCUT2D eigenvalue weighted by Gasteiger charge is -2.43. The Morgan fingerprint density at radius 2 is 1.75 bits per heavy atom. The van der Waals surface area contributed by atoms with Crippen molar-refractivity contribution in [3.8, 4) is 0 Å². The summed E-state index contributed by atoms with van der Waals surface area (Å²) in [6.45, 7) is 7.54.